The van der Waals surface area contributed by atoms with Gasteiger partial charge in [0, 0.05) is 0 Å². The fourth-order valence-electron chi connectivity index (χ4n) is 8.82. The molecule has 0 bridgehead atoms. The molecule has 0 aromatic carbocycles. The van der Waals surface area contributed by atoms with Gasteiger partial charge in [0.05, 0.1) is 39.4 Å². The number of quaternary nitrogens is 2. The van der Waals surface area contributed by atoms with E-state index >= 15 is 0 Å². The summed E-state index contributed by atoms with van der Waals surface area (Å²) in [6.07, 6.45) is 18.9. The largest absolute Gasteiger partial charge is 0.394 e. The molecule has 10 N–H and O–H groups in total. The Labute approximate surface area is 368 Å². The van der Waals surface area contributed by atoms with Crippen LogP contribution in [0.1, 0.15) is 195 Å². The number of aliphatic hydroxyl groups excluding tert-OH is 10. The molecule has 0 aliphatic heterocycles. The van der Waals surface area contributed by atoms with Gasteiger partial charge in [-0.25, -0.2) is 0 Å². The van der Waals surface area contributed by atoms with Crippen LogP contribution in [0.3, 0.4) is 0 Å². The second kappa shape index (κ2) is 35.8. The van der Waals surface area contributed by atoms with E-state index in [9.17, 15) is 51.1 Å². The van der Waals surface area contributed by atoms with Gasteiger partial charge in [0.2, 0.25) is 0 Å². The van der Waals surface area contributed by atoms with E-state index in [2.05, 4.69) is 27.7 Å². The van der Waals surface area contributed by atoms with Gasteiger partial charge in [-0.3, -0.25) is 0 Å². The molecule has 0 amide bonds. The summed E-state index contributed by atoms with van der Waals surface area (Å²) in [5.41, 5.74) is 0. The molecule has 12 nitrogen and oxygen atoms in total. The molecular formula is C48H102N2O10+2. The van der Waals surface area contributed by atoms with Crippen LogP contribution >= 0.6 is 0 Å². The number of unbranched alkanes of at least 4 members (excludes halogenated alkanes) is 22. The van der Waals surface area contributed by atoms with Gasteiger partial charge in [-0.1, -0.05) is 155 Å². The summed E-state index contributed by atoms with van der Waals surface area (Å²) in [5.74, 6) is 0. The topological polar surface area (TPSA) is 202 Å². The Morgan fingerprint density at radius 3 is 0.783 bits per heavy atom. The number of aliphatic hydroxyl groups is 10. The first kappa shape index (κ1) is 59.5. The van der Waals surface area contributed by atoms with Crippen molar-refractivity contribution in [3.05, 3.63) is 0 Å². The second-order valence-corrected chi connectivity index (χ2v) is 19.4. The van der Waals surface area contributed by atoms with Crippen LogP contribution in [0.2, 0.25) is 0 Å². The van der Waals surface area contributed by atoms with E-state index in [1.165, 1.54) is 128 Å². The maximum absolute atomic E-state index is 11.3. The quantitative estimate of drug-likeness (QED) is 0.0267. The Balaban J connectivity index is 5.81. The first-order chi connectivity index (χ1) is 28.5. The highest BCUT2D eigenvalue weighted by Gasteiger charge is 2.43. The highest BCUT2D eigenvalue weighted by atomic mass is 16.4. The van der Waals surface area contributed by atoms with Crippen molar-refractivity contribution in [3.63, 3.8) is 0 Å². The second-order valence-electron chi connectivity index (χ2n) is 19.4. The lowest BCUT2D eigenvalue weighted by molar-refractivity contribution is -0.987. The van der Waals surface area contributed by atoms with Crippen molar-refractivity contribution in [2.45, 2.75) is 256 Å². The summed E-state index contributed by atoms with van der Waals surface area (Å²) in [6, 6.07) is 0.0963. The third-order valence-corrected chi connectivity index (χ3v) is 14.1. The summed E-state index contributed by atoms with van der Waals surface area (Å²) in [4.78, 5) is 0. The molecule has 12 unspecified atom stereocenters. The third-order valence-electron chi connectivity index (χ3n) is 14.1. The molecular weight excluding hydrogens is 765 g/mol. The zero-order chi connectivity index (χ0) is 45.4. The average molecular weight is 867 g/mol. The van der Waals surface area contributed by atoms with Gasteiger partial charge in [0.25, 0.3) is 0 Å². The van der Waals surface area contributed by atoms with Gasteiger partial charge in [-0.05, 0) is 39.5 Å². The first-order valence-corrected chi connectivity index (χ1v) is 24.9. The summed E-state index contributed by atoms with van der Waals surface area (Å²) in [7, 11) is 4.06. The lowest BCUT2D eigenvalue weighted by Crippen LogP contribution is -2.65. The molecule has 12 heteroatoms. The van der Waals surface area contributed by atoms with Crippen molar-refractivity contribution in [2.24, 2.45) is 0 Å². The molecule has 362 valence electrons. The summed E-state index contributed by atoms with van der Waals surface area (Å²) >= 11 is 0. The van der Waals surface area contributed by atoms with Crippen molar-refractivity contribution < 1.29 is 60.0 Å². The van der Waals surface area contributed by atoms with Crippen LogP contribution < -0.4 is 0 Å². The van der Waals surface area contributed by atoms with Crippen molar-refractivity contribution in [2.75, 3.05) is 53.5 Å². The standard InChI is InChI=1S/C48H102N2O10/c1-7-9-11-13-15-17-19-21-23-25-27-29-31-39(3)49(5,35-41(53)45(57)47(59)43(55)37-51)33-34-50(6,36-42(54)46(58)48(60)44(56)38-52)40(4)32-30-28-26-24-22-20-18-16-14-12-10-8-2/h39-48,51-60H,7-38H2,1-6H3/q+2. The Morgan fingerprint density at radius 1 is 0.333 bits per heavy atom. The van der Waals surface area contributed by atoms with Crippen LogP contribution in [-0.4, -0.2) is 174 Å². The number of hydrogen-bond donors (Lipinski definition) is 10. The highest BCUT2D eigenvalue weighted by Crippen LogP contribution is 2.26. The van der Waals surface area contributed by atoms with Crippen molar-refractivity contribution in [3.8, 4) is 0 Å². The van der Waals surface area contributed by atoms with Crippen molar-refractivity contribution in [1.29, 1.82) is 0 Å². The minimum absolute atomic E-state index is 0.0482. The van der Waals surface area contributed by atoms with Crippen LogP contribution in [0.15, 0.2) is 0 Å². The van der Waals surface area contributed by atoms with Crippen molar-refractivity contribution >= 4 is 0 Å². The molecule has 12 atom stereocenters. The highest BCUT2D eigenvalue weighted by molar-refractivity contribution is 4.82. The Bertz CT molecular complexity index is 896. The van der Waals surface area contributed by atoms with Gasteiger partial charge in [-0.15, -0.1) is 0 Å². The van der Waals surface area contributed by atoms with Crippen LogP contribution in [0.25, 0.3) is 0 Å². The number of hydrogen-bond acceptors (Lipinski definition) is 10. The van der Waals surface area contributed by atoms with E-state index in [0.717, 1.165) is 38.5 Å². The Hall–Kier alpha value is -0.480. The normalized spacial score (nSPS) is 19.4. The predicted molar refractivity (Wildman–Crippen MR) is 244 cm³/mol. The van der Waals surface area contributed by atoms with Crippen molar-refractivity contribution in [1.82, 2.24) is 0 Å². The SMILES string of the molecule is CCCCCCCCCCCCCCC(C)[N+](C)(CC[N+](C)(CC(O)C(O)C(O)C(O)CO)C(C)CCCCCCCCCCCCCC)CC(O)C(O)C(O)C(O)CO. The zero-order valence-corrected chi connectivity index (χ0v) is 39.8. The zero-order valence-electron chi connectivity index (χ0n) is 39.8. The maximum Gasteiger partial charge on any atom is 0.131 e. The van der Waals surface area contributed by atoms with Gasteiger partial charge in [0.1, 0.15) is 75.0 Å². The monoisotopic (exact) mass is 867 g/mol. The molecule has 0 aromatic heterocycles. The van der Waals surface area contributed by atoms with E-state index in [4.69, 9.17) is 0 Å². The van der Waals surface area contributed by atoms with Crippen LogP contribution in [0.4, 0.5) is 0 Å². The predicted octanol–water partition coefficient (Wildman–Crippen LogP) is 5.71. The molecule has 0 saturated heterocycles. The van der Waals surface area contributed by atoms with Gasteiger partial charge < -0.3 is 60.0 Å². The molecule has 0 aliphatic rings. The third kappa shape index (κ3) is 25.7. The van der Waals surface area contributed by atoms with E-state index in [0.29, 0.717) is 22.1 Å². The van der Waals surface area contributed by atoms with E-state index in [1.54, 1.807) is 0 Å². The molecule has 0 spiro atoms. The summed E-state index contributed by atoms with van der Waals surface area (Å²) in [6.45, 7) is 8.46. The lowest BCUT2D eigenvalue weighted by Gasteiger charge is -2.47. The molecule has 0 fully saturated rings. The number of nitrogens with zero attached hydrogens (tertiary/aromatic N) is 2. The average Bonchev–Trinajstić information content (AvgIpc) is 3.24. The molecule has 0 radical (unpaired) electrons. The van der Waals surface area contributed by atoms with Gasteiger partial charge >= 0.3 is 0 Å². The van der Waals surface area contributed by atoms with Gasteiger partial charge in [0.15, 0.2) is 0 Å². The lowest BCUT2D eigenvalue weighted by atomic mass is 9.98. The van der Waals surface area contributed by atoms with Crippen LogP contribution in [0.5, 0.6) is 0 Å². The Morgan fingerprint density at radius 2 is 0.550 bits per heavy atom. The molecule has 0 saturated carbocycles. The first-order valence-electron chi connectivity index (χ1n) is 24.9. The van der Waals surface area contributed by atoms with Gasteiger partial charge in [-0.2, -0.15) is 0 Å². The van der Waals surface area contributed by atoms with E-state index < -0.39 is 62.0 Å². The molecule has 0 aromatic rings. The van der Waals surface area contributed by atoms with Crippen LogP contribution in [0, 0.1) is 0 Å². The fraction of sp³-hybridized carbons (Fsp3) is 1.00. The van der Waals surface area contributed by atoms with E-state index in [-0.39, 0.29) is 25.2 Å². The number of likely N-dealkylation sites (N-methyl/N-ethyl adjacent to an activating group) is 2. The molecule has 60 heavy (non-hydrogen) atoms. The van der Waals surface area contributed by atoms with Crippen LogP contribution in [-0.2, 0) is 0 Å². The van der Waals surface area contributed by atoms with E-state index in [1.807, 2.05) is 14.1 Å². The fourth-order valence-corrected chi connectivity index (χ4v) is 8.82. The maximum atomic E-state index is 11.3. The number of rotatable bonds is 43. The summed E-state index contributed by atoms with van der Waals surface area (Å²) < 4.78 is 0.670. The molecule has 0 heterocycles. The Kier molecular flexibility index (Phi) is 35.5. The smallest absolute Gasteiger partial charge is 0.131 e. The minimum atomic E-state index is -1.72. The minimum Gasteiger partial charge on any atom is -0.394 e. The molecule has 0 rings (SSSR count). The summed E-state index contributed by atoms with van der Waals surface area (Å²) in [5, 5.41) is 104. The molecule has 0 aliphatic carbocycles.